The Bertz CT molecular complexity index is 1130. The van der Waals surface area contributed by atoms with Crippen molar-refractivity contribution in [1.82, 2.24) is 15.6 Å². The van der Waals surface area contributed by atoms with Gasteiger partial charge in [-0.2, -0.15) is 0 Å². The summed E-state index contributed by atoms with van der Waals surface area (Å²) in [6.45, 7) is 11.6. The first kappa shape index (κ1) is 28.2. The molecule has 0 bridgehead atoms. The summed E-state index contributed by atoms with van der Waals surface area (Å²) in [6.07, 6.45) is 2.26. The first-order valence-corrected chi connectivity index (χ1v) is 13.3. The van der Waals surface area contributed by atoms with E-state index in [1.807, 2.05) is 59.7 Å². The third-order valence-corrected chi connectivity index (χ3v) is 6.94. The Kier molecular flexibility index (Phi) is 9.24. The van der Waals surface area contributed by atoms with Gasteiger partial charge >= 0.3 is 6.09 Å². The van der Waals surface area contributed by atoms with Gasteiger partial charge in [-0.15, -0.1) is 0 Å². The molecule has 1 saturated carbocycles. The minimum atomic E-state index is -0.933. The Balaban J connectivity index is 1.61. The number of carbonyl (C=O) groups is 1. The molecule has 2 aromatic rings. The number of aliphatic hydroxyl groups is 1. The fraction of sp³-hybridized carbons (Fsp3) is 0.556. The molecule has 1 aliphatic carbocycles. The van der Waals surface area contributed by atoms with Crippen molar-refractivity contribution < 1.29 is 14.6 Å². The number of ether oxygens (including phenoxy) is 1. The number of hydrogen-bond donors (Lipinski definition) is 5. The van der Waals surface area contributed by atoms with Crippen LogP contribution in [0.2, 0.25) is 0 Å². The zero-order chi connectivity index (χ0) is 26.6. The number of anilines is 1. The molecule has 5 N–H and O–H groups in total. The second-order valence-corrected chi connectivity index (χ2v) is 11.6. The summed E-state index contributed by atoms with van der Waals surface area (Å²) in [4.78, 5) is 27.2. The Labute approximate surface area is 221 Å². The van der Waals surface area contributed by atoms with Crippen LogP contribution in [0.3, 0.4) is 0 Å². The Hall–Kier alpha value is -2.36. The summed E-state index contributed by atoms with van der Waals surface area (Å²) in [7, 11) is 0. The number of hydrogen-bond acceptors (Lipinski definition) is 6. The monoisotopic (exact) mass is 562 g/mol. The number of aromatic nitrogens is 1. The van der Waals surface area contributed by atoms with Crippen molar-refractivity contribution >= 4 is 27.7 Å². The highest BCUT2D eigenvalue weighted by atomic mass is 79.9. The van der Waals surface area contributed by atoms with Crippen molar-refractivity contribution in [1.29, 1.82) is 0 Å². The van der Waals surface area contributed by atoms with E-state index in [2.05, 4.69) is 36.9 Å². The molecule has 3 rings (SSSR count). The van der Waals surface area contributed by atoms with Crippen LogP contribution < -0.4 is 21.5 Å². The molecule has 0 spiro atoms. The third kappa shape index (κ3) is 7.82. The maximum Gasteiger partial charge on any atom is 0.407 e. The van der Waals surface area contributed by atoms with Crippen LogP contribution in [0, 0.1) is 20.8 Å². The summed E-state index contributed by atoms with van der Waals surface area (Å²) >= 11 is 3.57. The number of aromatic amines is 1. The average Bonchev–Trinajstić information content (AvgIpc) is 2.75. The van der Waals surface area contributed by atoms with Crippen molar-refractivity contribution in [3.63, 3.8) is 0 Å². The Morgan fingerprint density at radius 1 is 1.14 bits per heavy atom. The Morgan fingerprint density at radius 2 is 1.78 bits per heavy atom. The van der Waals surface area contributed by atoms with Crippen LogP contribution in [-0.4, -0.2) is 33.9 Å². The second-order valence-electron chi connectivity index (χ2n) is 10.7. The van der Waals surface area contributed by atoms with E-state index < -0.39 is 11.8 Å². The second kappa shape index (κ2) is 11.8. The van der Waals surface area contributed by atoms with Crippen molar-refractivity contribution in [3.05, 3.63) is 61.0 Å². The number of amides is 1. The molecule has 1 aromatic carbocycles. The SMILES string of the molecule is Cc1cc(C)c(CNC(O)c2cc(Br)cc(NC3CCC(NC(=O)OC(C)(C)C)CC3)c2C)c(=O)[nH]1. The van der Waals surface area contributed by atoms with E-state index in [0.29, 0.717) is 5.56 Å². The number of benzene rings is 1. The highest BCUT2D eigenvalue weighted by Gasteiger charge is 2.25. The van der Waals surface area contributed by atoms with Crippen LogP contribution in [0.25, 0.3) is 0 Å². The molecule has 1 amide bonds. The van der Waals surface area contributed by atoms with Gasteiger partial charge in [-0.25, -0.2) is 4.79 Å². The lowest BCUT2D eigenvalue weighted by atomic mass is 9.90. The molecule has 9 heteroatoms. The lowest BCUT2D eigenvalue weighted by Gasteiger charge is -2.31. The molecular formula is C27H39BrN4O4. The van der Waals surface area contributed by atoms with E-state index in [4.69, 9.17) is 4.74 Å². The van der Waals surface area contributed by atoms with E-state index in [9.17, 15) is 14.7 Å². The number of H-pyrrole nitrogens is 1. The van der Waals surface area contributed by atoms with E-state index >= 15 is 0 Å². The predicted molar refractivity (Wildman–Crippen MR) is 146 cm³/mol. The van der Waals surface area contributed by atoms with Gasteiger partial charge < -0.3 is 25.5 Å². The Morgan fingerprint density at radius 3 is 2.39 bits per heavy atom. The molecule has 1 fully saturated rings. The van der Waals surface area contributed by atoms with Crippen LogP contribution in [0.1, 0.15) is 80.6 Å². The fourth-order valence-corrected chi connectivity index (χ4v) is 5.10. The van der Waals surface area contributed by atoms with Gasteiger partial charge in [-0.1, -0.05) is 15.9 Å². The summed E-state index contributed by atoms with van der Waals surface area (Å²) in [5.41, 5.74) is 4.31. The first-order valence-electron chi connectivity index (χ1n) is 12.5. The van der Waals surface area contributed by atoms with Crippen LogP contribution in [-0.2, 0) is 11.3 Å². The molecule has 8 nitrogen and oxygen atoms in total. The molecule has 1 heterocycles. The number of carbonyl (C=O) groups excluding carboxylic acids is 1. The zero-order valence-electron chi connectivity index (χ0n) is 22.0. The lowest BCUT2D eigenvalue weighted by molar-refractivity contribution is 0.0492. The molecule has 1 aromatic heterocycles. The minimum absolute atomic E-state index is 0.108. The van der Waals surface area contributed by atoms with E-state index in [1.54, 1.807) is 0 Å². The molecule has 1 atom stereocenters. The van der Waals surface area contributed by atoms with E-state index in [0.717, 1.165) is 58.2 Å². The fourth-order valence-electron chi connectivity index (χ4n) is 4.62. The van der Waals surface area contributed by atoms with Gasteiger partial charge in [0.25, 0.3) is 5.56 Å². The molecule has 1 aliphatic rings. The average molecular weight is 564 g/mol. The molecule has 0 aliphatic heterocycles. The van der Waals surface area contributed by atoms with Gasteiger partial charge in [0.05, 0.1) is 0 Å². The number of rotatable bonds is 7. The maximum atomic E-state index is 12.3. The predicted octanol–water partition coefficient (Wildman–Crippen LogP) is 5.09. The first-order chi connectivity index (χ1) is 16.8. The number of aliphatic hydroxyl groups excluding tert-OH is 1. The molecular weight excluding hydrogens is 524 g/mol. The molecule has 198 valence electrons. The topological polar surface area (TPSA) is 115 Å². The minimum Gasteiger partial charge on any atom is -0.444 e. The smallest absolute Gasteiger partial charge is 0.407 e. The highest BCUT2D eigenvalue weighted by molar-refractivity contribution is 9.10. The van der Waals surface area contributed by atoms with Crippen molar-refractivity contribution in [2.24, 2.45) is 0 Å². The summed E-state index contributed by atoms with van der Waals surface area (Å²) in [6, 6.07) is 6.21. The lowest BCUT2D eigenvalue weighted by Crippen LogP contribution is -2.42. The standard InChI is InChI=1S/C27H39BrN4O4/c1-15-11-16(2)30-25(34)22(15)14-29-24(33)21-12-18(28)13-23(17(21)3)31-19-7-9-20(10-8-19)32-26(35)36-27(4,5)6/h11-13,19-20,24,29,31,33H,7-10,14H2,1-6H3,(H,30,34)(H,32,35). The van der Waals surface area contributed by atoms with E-state index in [1.165, 1.54) is 0 Å². The quantitative estimate of drug-likeness (QED) is 0.300. The van der Waals surface area contributed by atoms with Crippen molar-refractivity contribution in [2.45, 2.75) is 97.7 Å². The highest BCUT2D eigenvalue weighted by Crippen LogP contribution is 2.31. The third-order valence-electron chi connectivity index (χ3n) is 6.48. The van der Waals surface area contributed by atoms with Gasteiger partial charge in [-0.05, 0) is 96.6 Å². The number of halogens is 1. The van der Waals surface area contributed by atoms with Crippen LogP contribution in [0.4, 0.5) is 10.5 Å². The van der Waals surface area contributed by atoms with Gasteiger partial charge in [0.2, 0.25) is 0 Å². The van der Waals surface area contributed by atoms with Crippen LogP contribution in [0.5, 0.6) is 0 Å². The van der Waals surface area contributed by atoms with Gasteiger partial charge in [0.1, 0.15) is 11.8 Å². The van der Waals surface area contributed by atoms with Crippen LogP contribution >= 0.6 is 15.9 Å². The van der Waals surface area contributed by atoms with Crippen LogP contribution in [0.15, 0.2) is 27.5 Å². The summed E-state index contributed by atoms with van der Waals surface area (Å²) in [5, 5.41) is 20.6. The van der Waals surface area contributed by atoms with Gasteiger partial charge in [0, 0.05) is 45.6 Å². The molecule has 36 heavy (non-hydrogen) atoms. The van der Waals surface area contributed by atoms with Gasteiger partial charge in [0.15, 0.2) is 0 Å². The summed E-state index contributed by atoms with van der Waals surface area (Å²) < 4.78 is 6.23. The number of aryl methyl sites for hydroxylation is 2. The van der Waals surface area contributed by atoms with Gasteiger partial charge in [-0.3, -0.25) is 10.1 Å². The van der Waals surface area contributed by atoms with Crippen molar-refractivity contribution in [3.8, 4) is 0 Å². The summed E-state index contributed by atoms with van der Waals surface area (Å²) in [5.74, 6) is 0. The number of pyridine rings is 1. The van der Waals surface area contributed by atoms with E-state index in [-0.39, 0.29) is 30.3 Å². The maximum absolute atomic E-state index is 12.3. The van der Waals surface area contributed by atoms with Crippen molar-refractivity contribution in [2.75, 3.05) is 5.32 Å². The normalized spacial score (nSPS) is 19.0. The largest absolute Gasteiger partial charge is 0.444 e. The number of nitrogens with one attached hydrogen (secondary N) is 4. The zero-order valence-corrected chi connectivity index (χ0v) is 23.6. The molecule has 1 unspecified atom stereocenters. The molecule has 0 radical (unpaired) electrons. The number of alkyl carbamates (subject to hydrolysis) is 1. The molecule has 0 saturated heterocycles.